The van der Waals surface area contributed by atoms with Gasteiger partial charge in [0.05, 0.1) is 16.6 Å². The van der Waals surface area contributed by atoms with Gasteiger partial charge in [-0.05, 0) is 29.5 Å². The fourth-order valence-electron chi connectivity index (χ4n) is 1.19. The minimum Gasteiger partial charge on any atom is -0.166 e. The monoisotopic (exact) mass is 306 g/mol. The molecule has 17 heavy (non-hydrogen) atoms. The Bertz CT molecular complexity index is 506. The van der Waals surface area contributed by atoms with Gasteiger partial charge in [-0.15, -0.1) is 15.0 Å². The van der Waals surface area contributed by atoms with Gasteiger partial charge in [-0.2, -0.15) is 13.2 Å². The maximum absolute atomic E-state index is 12.3. The molecule has 8 heteroatoms. The van der Waals surface area contributed by atoms with Crippen molar-refractivity contribution in [3.63, 3.8) is 0 Å². The molecule has 4 nitrogen and oxygen atoms in total. The Labute approximate surface area is 103 Å². The fraction of sp³-hybridized carbons (Fsp3) is 0.222. The summed E-state index contributed by atoms with van der Waals surface area (Å²) >= 11 is 3.15. The Morgan fingerprint density at radius 1 is 1.18 bits per heavy atom. The molecule has 0 aliphatic heterocycles. The summed E-state index contributed by atoms with van der Waals surface area (Å²) < 4.78 is 37.0. The fourth-order valence-corrected chi connectivity index (χ4v) is 1.41. The van der Waals surface area contributed by atoms with Crippen LogP contribution >= 0.6 is 15.9 Å². The van der Waals surface area contributed by atoms with Crippen molar-refractivity contribution in [1.82, 2.24) is 20.2 Å². The van der Waals surface area contributed by atoms with Crippen molar-refractivity contribution < 1.29 is 13.2 Å². The van der Waals surface area contributed by atoms with Crippen LogP contribution in [0.5, 0.6) is 0 Å². The summed E-state index contributed by atoms with van der Waals surface area (Å²) in [4.78, 5) is 1.18. The molecule has 0 bridgehead atoms. The van der Waals surface area contributed by atoms with Gasteiger partial charge in [-0.1, -0.05) is 15.9 Å². The first-order valence-electron chi connectivity index (χ1n) is 4.53. The molecule has 0 aliphatic rings. The molecule has 0 saturated heterocycles. The highest BCUT2D eigenvalue weighted by atomic mass is 79.9. The third-order valence-corrected chi connectivity index (χ3v) is 2.50. The van der Waals surface area contributed by atoms with Gasteiger partial charge in [-0.25, -0.2) is 0 Å². The molecule has 0 aliphatic carbocycles. The molecule has 2 aromatic rings. The minimum absolute atomic E-state index is 0.428. The molecular formula is C9H6BrF3N4. The molecule has 1 aromatic carbocycles. The van der Waals surface area contributed by atoms with E-state index < -0.39 is 11.7 Å². The lowest BCUT2D eigenvalue weighted by Crippen LogP contribution is -2.06. The van der Waals surface area contributed by atoms with Gasteiger partial charge >= 0.3 is 6.18 Å². The highest BCUT2D eigenvalue weighted by Crippen LogP contribution is 2.29. The zero-order valence-corrected chi connectivity index (χ0v) is 9.90. The van der Waals surface area contributed by atoms with Gasteiger partial charge in [0.25, 0.3) is 0 Å². The van der Waals surface area contributed by atoms with E-state index >= 15 is 0 Å². The van der Waals surface area contributed by atoms with Crippen molar-refractivity contribution in [2.45, 2.75) is 11.5 Å². The molecule has 0 saturated carbocycles. The number of aromatic nitrogens is 4. The number of alkyl halides is 4. The van der Waals surface area contributed by atoms with Crippen LogP contribution in [0.2, 0.25) is 0 Å². The smallest absolute Gasteiger partial charge is 0.166 e. The molecule has 1 heterocycles. The Morgan fingerprint density at radius 3 is 2.29 bits per heavy atom. The highest BCUT2D eigenvalue weighted by molar-refractivity contribution is 9.08. The first kappa shape index (κ1) is 12.0. The lowest BCUT2D eigenvalue weighted by atomic mass is 10.2. The van der Waals surface area contributed by atoms with Crippen LogP contribution in [0, 0.1) is 0 Å². The number of nitrogens with zero attached hydrogens (tertiary/aromatic N) is 4. The molecule has 1 aromatic heterocycles. The summed E-state index contributed by atoms with van der Waals surface area (Å²) in [5, 5.41) is 11.8. The van der Waals surface area contributed by atoms with Gasteiger partial charge in [0.2, 0.25) is 0 Å². The SMILES string of the molecule is FC(F)(F)c1ccc(-n2nnc(CBr)n2)cc1. The van der Waals surface area contributed by atoms with Gasteiger partial charge in [0.15, 0.2) is 5.82 Å². The van der Waals surface area contributed by atoms with E-state index in [1.54, 1.807) is 0 Å². The Morgan fingerprint density at radius 2 is 1.82 bits per heavy atom. The Hall–Kier alpha value is -1.44. The van der Waals surface area contributed by atoms with Crippen molar-refractivity contribution in [3.8, 4) is 5.69 Å². The van der Waals surface area contributed by atoms with E-state index in [4.69, 9.17) is 0 Å². The molecule has 2 rings (SSSR count). The van der Waals surface area contributed by atoms with Crippen molar-refractivity contribution in [1.29, 1.82) is 0 Å². The van der Waals surface area contributed by atoms with Gasteiger partial charge < -0.3 is 0 Å². The molecule has 90 valence electrons. The summed E-state index contributed by atoms with van der Waals surface area (Å²) in [5.74, 6) is 0.463. The third-order valence-electron chi connectivity index (χ3n) is 2.00. The van der Waals surface area contributed by atoms with Gasteiger partial charge in [0, 0.05) is 0 Å². The van der Waals surface area contributed by atoms with E-state index in [1.807, 2.05) is 0 Å². The predicted molar refractivity (Wildman–Crippen MR) is 56.8 cm³/mol. The normalized spacial score (nSPS) is 11.8. The average molecular weight is 307 g/mol. The average Bonchev–Trinajstić information content (AvgIpc) is 2.76. The van der Waals surface area contributed by atoms with Crippen LogP contribution in [-0.4, -0.2) is 20.2 Å². The topological polar surface area (TPSA) is 43.6 Å². The summed E-state index contributed by atoms with van der Waals surface area (Å²) in [7, 11) is 0. The standard InChI is InChI=1S/C9H6BrF3N4/c10-5-8-14-16-17(15-8)7-3-1-6(2-4-7)9(11,12)13/h1-4H,5H2. The molecule has 0 unspecified atom stereocenters. The number of benzene rings is 1. The van der Waals surface area contributed by atoms with Crippen LogP contribution in [0.25, 0.3) is 5.69 Å². The summed E-state index contributed by atoms with van der Waals surface area (Å²) in [6.45, 7) is 0. The van der Waals surface area contributed by atoms with Crippen molar-refractivity contribution in [2.75, 3.05) is 0 Å². The molecule has 0 fully saturated rings. The lowest BCUT2D eigenvalue weighted by molar-refractivity contribution is -0.137. The van der Waals surface area contributed by atoms with Crippen molar-refractivity contribution in [2.24, 2.45) is 0 Å². The van der Waals surface area contributed by atoms with Crippen molar-refractivity contribution >= 4 is 15.9 Å². The molecule has 0 N–H and O–H groups in total. The third kappa shape index (κ3) is 2.63. The first-order chi connectivity index (χ1) is 8.00. The second-order valence-corrected chi connectivity index (χ2v) is 3.73. The quantitative estimate of drug-likeness (QED) is 0.801. The maximum Gasteiger partial charge on any atom is 0.416 e. The van der Waals surface area contributed by atoms with E-state index in [0.717, 1.165) is 12.1 Å². The van der Waals surface area contributed by atoms with E-state index in [2.05, 4.69) is 31.3 Å². The van der Waals surface area contributed by atoms with E-state index in [9.17, 15) is 13.2 Å². The Kier molecular flexibility index (Phi) is 3.14. The zero-order chi connectivity index (χ0) is 12.5. The van der Waals surface area contributed by atoms with Crippen LogP contribution in [0.4, 0.5) is 13.2 Å². The zero-order valence-electron chi connectivity index (χ0n) is 8.32. The van der Waals surface area contributed by atoms with Crippen LogP contribution in [0.3, 0.4) is 0 Å². The minimum atomic E-state index is -4.34. The maximum atomic E-state index is 12.3. The van der Waals surface area contributed by atoms with Crippen molar-refractivity contribution in [3.05, 3.63) is 35.7 Å². The molecule has 0 spiro atoms. The molecule has 0 radical (unpaired) electrons. The summed E-state index contributed by atoms with van der Waals surface area (Å²) in [6.07, 6.45) is -4.34. The summed E-state index contributed by atoms with van der Waals surface area (Å²) in [5.41, 5.74) is -0.278. The summed E-state index contributed by atoms with van der Waals surface area (Å²) in [6, 6.07) is 4.55. The number of halogens is 4. The van der Waals surface area contributed by atoms with Crippen LogP contribution in [0.1, 0.15) is 11.4 Å². The number of hydrogen-bond donors (Lipinski definition) is 0. The molecule has 0 atom stereocenters. The van der Waals surface area contributed by atoms with Gasteiger partial charge in [0.1, 0.15) is 0 Å². The van der Waals surface area contributed by atoms with Crippen LogP contribution < -0.4 is 0 Å². The van der Waals surface area contributed by atoms with E-state index in [-0.39, 0.29) is 0 Å². The predicted octanol–water partition coefficient (Wildman–Crippen LogP) is 2.58. The largest absolute Gasteiger partial charge is 0.416 e. The lowest BCUT2D eigenvalue weighted by Gasteiger charge is -2.06. The molecular weight excluding hydrogens is 301 g/mol. The Balaban J connectivity index is 2.29. The second-order valence-electron chi connectivity index (χ2n) is 3.17. The first-order valence-corrected chi connectivity index (χ1v) is 5.65. The number of rotatable bonds is 2. The number of tetrazole rings is 1. The van der Waals surface area contributed by atoms with Gasteiger partial charge in [-0.3, -0.25) is 0 Å². The highest BCUT2D eigenvalue weighted by Gasteiger charge is 2.30. The van der Waals surface area contributed by atoms with E-state index in [1.165, 1.54) is 16.9 Å². The second kappa shape index (κ2) is 4.44. The van der Waals surface area contributed by atoms with Crippen LogP contribution in [0.15, 0.2) is 24.3 Å². The number of hydrogen-bond acceptors (Lipinski definition) is 3. The van der Waals surface area contributed by atoms with E-state index in [0.29, 0.717) is 16.8 Å². The van der Waals surface area contributed by atoms with Crippen LogP contribution in [-0.2, 0) is 11.5 Å². The molecule has 0 amide bonds.